The molecule has 2 rings (SSSR count). The van der Waals surface area contributed by atoms with Crippen LogP contribution in [0.5, 0.6) is 0 Å². The first-order valence-electron chi connectivity index (χ1n) is 5.59. The van der Waals surface area contributed by atoms with E-state index in [9.17, 15) is 8.78 Å². The van der Waals surface area contributed by atoms with Crippen molar-refractivity contribution < 1.29 is 8.78 Å². The molecule has 92 valence electrons. The summed E-state index contributed by atoms with van der Waals surface area (Å²) in [4.78, 5) is 0. The topological polar surface area (TPSA) is 30.2 Å². The Morgan fingerprint density at radius 1 is 1.29 bits per heavy atom. The van der Waals surface area contributed by atoms with Crippen molar-refractivity contribution in [2.24, 2.45) is 0 Å². The highest BCUT2D eigenvalue weighted by molar-refractivity contribution is 5.41. The van der Waals surface area contributed by atoms with Crippen molar-refractivity contribution in [2.75, 3.05) is 0 Å². The fourth-order valence-electron chi connectivity index (χ4n) is 1.66. The normalized spacial score (nSPS) is 12.6. The molecule has 0 aliphatic rings. The smallest absolute Gasteiger partial charge is 0.281 e. The Labute approximate surface area is 98.5 Å². The minimum Gasteiger partial charge on any atom is -0.281 e. The van der Waals surface area contributed by atoms with Crippen molar-refractivity contribution in [2.45, 2.75) is 39.0 Å². The van der Waals surface area contributed by atoms with E-state index in [-0.39, 0.29) is 11.2 Å². The Balaban J connectivity index is 2.59. The molecular weight excluding hydrogens is 224 g/mol. The van der Waals surface area contributed by atoms with Crippen molar-refractivity contribution >= 4 is 5.65 Å². The van der Waals surface area contributed by atoms with Gasteiger partial charge in [-0.15, -0.1) is 10.2 Å². The molecule has 2 aromatic rings. The van der Waals surface area contributed by atoms with Gasteiger partial charge in [0.1, 0.15) is 0 Å². The van der Waals surface area contributed by atoms with E-state index < -0.39 is 6.43 Å². The Bertz CT molecular complexity index is 532. The fraction of sp³-hybridized carbons (Fsp3) is 0.500. The molecule has 0 radical (unpaired) electrons. The number of aromatic nitrogens is 3. The van der Waals surface area contributed by atoms with Crippen LogP contribution in [0.1, 0.15) is 45.0 Å². The molecule has 0 bridgehead atoms. The van der Waals surface area contributed by atoms with Gasteiger partial charge in [0.25, 0.3) is 6.43 Å². The van der Waals surface area contributed by atoms with E-state index in [1.807, 2.05) is 6.07 Å². The standard InChI is InChI=1S/C12H15F2N3/c1-4-12(2,3)8-5-6-9-15-16-11(10(13)14)17(9)7-8/h5-7,10H,4H2,1-3H3. The number of hydrogen-bond donors (Lipinski definition) is 0. The molecule has 0 aliphatic carbocycles. The zero-order valence-electron chi connectivity index (χ0n) is 10.1. The van der Waals surface area contributed by atoms with Crippen molar-refractivity contribution in [3.63, 3.8) is 0 Å². The van der Waals surface area contributed by atoms with E-state index in [0.29, 0.717) is 5.65 Å². The Kier molecular flexibility index (Phi) is 2.85. The largest absolute Gasteiger partial charge is 0.297 e. The zero-order valence-corrected chi connectivity index (χ0v) is 10.1. The van der Waals surface area contributed by atoms with E-state index in [1.165, 1.54) is 4.40 Å². The van der Waals surface area contributed by atoms with Crippen LogP contribution in [-0.4, -0.2) is 14.6 Å². The first kappa shape index (κ1) is 12.0. The summed E-state index contributed by atoms with van der Waals surface area (Å²) < 4.78 is 26.8. The Morgan fingerprint density at radius 3 is 2.59 bits per heavy atom. The van der Waals surface area contributed by atoms with Gasteiger partial charge in [0.2, 0.25) is 5.82 Å². The maximum absolute atomic E-state index is 12.7. The van der Waals surface area contributed by atoms with Gasteiger partial charge in [0, 0.05) is 6.20 Å². The highest BCUT2D eigenvalue weighted by atomic mass is 19.3. The lowest BCUT2D eigenvalue weighted by Crippen LogP contribution is -2.16. The van der Waals surface area contributed by atoms with Crippen molar-refractivity contribution in [3.8, 4) is 0 Å². The predicted molar refractivity (Wildman–Crippen MR) is 61.3 cm³/mol. The molecule has 3 nitrogen and oxygen atoms in total. The van der Waals surface area contributed by atoms with Gasteiger partial charge in [-0.25, -0.2) is 8.78 Å². The first-order chi connectivity index (χ1) is 7.95. The lowest BCUT2D eigenvalue weighted by atomic mass is 9.83. The highest BCUT2D eigenvalue weighted by Gasteiger charge is 2.21. The predicted octanol–water partition coefficient (Wildman–Crippen LogP) is 3.35. The highest BCUT2D eigenvalue weighted by Crippen LogP contribution is 2.27. The summed E-state index contributed by atoms with van der Waals surface area (Å²) in [5.41, 5.74) is 1.42. The van der Waals surface area contributed by atoms with Crippen LogP contribution in [0, 0.1) is 0 Å². The van der Waals surface area contributed by atoms with Crippen LogP contribution in [-0.2, 0) is 5.41 Å². The molecule has 2 heterocycles. The SMILES string of the molecule is CCC(C)(C)c1ccc2nnc(C(F)F)n2c1. The van der Waals surface area contributed by atoms with Gasteiger partial charge in [0.05, 0.1) is 0 Å². The van der Waals surface area contributed by atoms with Gasteiger partial charge in [-0.2, -0.15) is 0 Å². The van der Waals surface area contributed by atoms with Gasteiger partial charge >= 0.3 is 0 Å². The molecule has 0 saturated carbocycles. The number of hydrogen-bond acceptors (Lipinski definition) is 2. The van der Waals surface area contributed by atoms with Gasteiger partial charge in [-0.05, 0) is 23.5 Å². The van der Waals surface area contributed by atoms with Crippen molar-refractivity contribution in [1.29, 1.82) is 0 Å². The number of pyridine rings is 1. The summed E-state index contributed by atoms with van der Waals surface area (Å²) in [5.74, 6) is -0.297. The number of alkyl halides is 2. The molecule has 0 amide bonds. The van der Waals surface area contributed by atoms with E-state index >= 15 is 0 Å². The summed E-state index contributed by atoms with van der Waals surface area (Å²) in [5, 5.41) is 7.23. The minimum absolute atomic E-state index is 0.0438. The van der Waals surface area contributed by atoms with Crippen molar-refractivity contribution in [3.05, 3.63) is 29.7 Å². The molecule has 0 atom stereocenters. The second-order valence-electron chi connectivity index (χ2n) is 4.74. The molecule has 0 saturated heterocycles. The summed E-state index contributed by atoms with van der Waals surface area (Å²) in [6, 6.07) is 3.65. The van der Waals surface area contributed by atoms with Gasteiger partial charge < -0.3 is 0 Å². The van der Waals surface area contributed by atoms with Gasteiger partial charge in [-0.3, -0.25) is 4.40 Å². The molecule has 0 fully saturated rings. The van der Waals surface area contributed by atoms with E-state index in [2.05, 4.69) is 31.0 Å². The molecule has 0 aromatic carbocycles. The zero-order chi connectivity index (χ0) is 12.6. The van der Waals surface area contributed by atoms with Crippen LogP contribution >= 0.6 is 0 Å². The number of rotatable bonds is 3. The summed E-state index contributed by atoms with van der Waals surface area (Å²) >= 11 is 0. The second-order valence-corrected chi connectivity index (χ2v) is 4.74. The monoisotopic (exact) mass is 239 g/mol. The number of halogens is 2. The Morgan fingerprint density at radius 2 is 2.00 bits per heavy atom. The Hall–Kier alpha value is -1.52. The van der Waals surface area contributed by atoms with Crippen LogP contribution in [0.15, 0.2) is 18.3 Å². The van der Waals surface area contributed by atoms with E-state index in [0.717, 1.165) is 12.0 Å². The van der Waals surface area contributed by atoms with Crippen LogP contribution in [0.2, 0.25) is 0 Å². The number of nitrogens with zero attached hydrogens (tertiary/aromatic N) is 3. The van der Waals surface area contributed by atoms with Crippen LogP contribution < -0.4 is 0 Å². The minimum atomic E-state index is -2.61. The van der Waals surface area contributed by atoms with E-state index in [4.69, 9.17) is 0 Å². The summed E-state index contributed by atoms with van der Waals surface area (Å²) in [7, 11) is 0. The number of fused-ring (bicyclic) bond motifs is 1. The average Bonchev–Trinajstić information content (AvgIpc) is 2.71. The third-order valence-corrected chi connectivity index (χ3v) is 3.29. The summed E-state index contributed by atoms with van der Waals surface area (Å²) in [6.07, 6.45) is 0.0373. The quantitative estimate of drug-likeness (QED) is 0.822. The summed E-state index contributed by atoms with van der Waals surface area (Å²) in [6.45, 7) is 6.24. The molecule has 0 aliphatic heterocycles. The van der Waals surface area contributed by atoms with Gasteiger partial charge in [0.15, 0.2) is 5.65 Å². The molecule has 0 spiro atoms. The van der Waals surface area contributed by atoms with Gasteiger partial charge in [-0.1, -0.05) is 26.8 Å². The van der Waals surface area contributed by atoms with Crippen LogP contribution in [0.3, 0.4) is 0 Å². The third-order valence-electron chi connectivity index (χ3n) is 3.29. The first-order valence-corrected chi connectivity index (χ1v) is 5.59. The lowest BCUT2D eigenvalue weighted by Gasteiger charge is -2.23. The molecule has 0 N–H and O–H groups in total. The maximum atomic E-state index is 12.7. The van der Waals surface area contributed by atoms with E-state index in [1.54, 1.807) is 12.3 Å². The van der Waals surface area contributed by atoms with Crippen LogP contribution in [0.4, 0.5) is 8.78 Å². The fourth-order valence-corrected chi connectivity index (χ4v) is 1.66. The molecular formula is C12H15F2N3. The van der Waals surface area contributed by atoms with Crippen molar-refractivity contribution in [1.82, 2.24) is 14.6 Å². The lowest BCUT2D eigenvalue weighted by molar-refractivity contribution is 0.139. The maximum Gasteiger partial charge on any atom is 0.297 e. The van der Waals surface area contributed by atoms with Crippen LogP contribution in [0.25, 0.3) is 5.65 Å². The molecule has 17 heavy (non-hydrogen) atoms. The molecule has 2 aromatic heterocycles. The molecule has 5 heteroatoms. The average molecular weight is 239 g/mol. The third kappa shape index (κ3) is 2.01. The molecule has 0 unspecified atom stereocenters. The second kappa shape index (κ2) is 4.05.